The van der Waals surface area contributed by atoms with Crippen LogP contribution in [0.2, 0.25) is 0 Å². The zero-order chi connectivity index (χ0) is 23.2. The van der Waals surface area contributed by atoms with Crippen molar-refractivity contribution in [1.82, 2.24) is 10.2 Å². The van der Waals surface area contributed by atoms with Crippen molar-refractivity contribution < 1.29 is 19.1 Å². The SMILES string of the molecule is NC(=O)C1CC(C2CCCCC2)CN1C(=O)CNC(=O)c1ccc(Oc2ccccc2)cc1. The van der Waals surface area contributed by atoms with Crippen LogP contribution < -0.4 is 15.8 Å². The highest BCUT2D eigenvalue weighted by molar-refractivity contribution is 5.97. The molecule has 3 N–H and O–H groups in total. The maximum atomic E-state index is 12.9. The van der Waals surface area contributed by atoms with Crippen LogP contribution in [0.15, 0.2) is 54.6 Å². The number of hydrogen-bond donors (Lipinski definition) is 2. The molecule has 0 radical (unpaired) electrons. The first-order chi connectivity index (χ1) is 16.0. The summed E-state index contributed by atoms with van der Waals surface area (Å²) < 4.78 is 5.74. The van der Waals surface area contributed by atoms with Crippen molar-refractivity contribution in [2.75, 3.05) is 13.1 Å². The number of nitrogens with zero attached hydrogens (tertiary/aromatic N) is 1. The summed E-state index contributed by atoms with van der Waals surface area (Å²) in [5.74, 6) is 1.08. The molecule has 2 unspecified atom stereocenters. The predicted octanol–water partition coefficient (Wildman–Crippen LogP) is 3.49. The summed E-state index contributed by atoms with van der Waals surface area (Å²) in [6.07, 6.45) is 6.61. The van der Waals surface area contributed by atoms with Gasteiger partial charge in [0, 0.05) is 12.1 Å². The van der Waals surface area contributed by atoms with Crippen molar-refractivity contribution in [3.63, 3.8) is 0 Å². The Hall–Kier alpha value is -3.35. The number of para-hydroxylation sites is 1. The number of benzene rings is 2. The van der Waals surface area contributed by atoms with Crippen LogP contribution in [0.4, 0.5) is 0 Å². The molecule has 1 heterocycles. The zero-order valence-corrected chi connectivity index (χ0v) is 18.7. The van der Waals surface area contributed by atoms with E-state index in [-0.39, 0.29) is 18.4 Å². The molecular formula is C26H31N3O4. The monoisotopic (exact) mass is 449 g/mol. The number of nitrogens with one attached hydrogen (secondary N) is 1. The van der Waals surface area contributed by atoms with Crippen LogP contribution >= 0.6 is 0 Å². The molecule has 3 amide bonds. The highest BCUT2D eigenvalue weighted by Gasteiger charge is 2.41. The van der Waals surface area contributed by atoms with Crippen LogP contribution in [0.25, 0.3) is 0 Å². The molecule has 1 saturated carbocycles. The van der Waals surface area contributed by atoms with Crippen LogP contribution in [0.3, 0.4) is 0 Å². The first kappa shape index (κ1) is 22.8. The van der Waals surface area contributed by atoms with Crippen molar-refractivity contribution in [1.29, 1.82) is 0 Å². The lowest BCUT2D eigenvalue weighted by atomic mass is 9.79. The van der Waals surface area contributed by atoms with Crippen molar-refractivity contribution in [2.24, 2.45) is 17.6 Å². The second kappa shape index (κ2) is 10.5. The molecule has 2 aliphatic rings. The van der Waals surface area contributed by atoms with Gasteiger partial charge in [0.1, 0.15) is 17.5 Å². The molecule has 0 bridgehead atoms. The third kappa shape index (κ3) is 5.72. The number of hydrogen-bond acceptors (Lipinski definition) is 4. The first-order valence-corrected chi connectivity index (χ1v) is 11.7. The second-order valence-corrected chi connectivity index (χ2v) is 8.98. The fourth-order valence-electron chi connectivity index (χ4n) is 5.02. The van der Waals surface area contributed by atoms with Crippen LogP contribution in [0.5, 0.6) is 11.5 Å². The van der Waals surface area contributed by atoms with E-state index < -0.39 is 11.9 Å². The van der Waals surface area contributed by atoms with Crippen LogP contribution in [0.1, 0.15) is 48.9 Å². The molecule has 0 aromatic heterocycles. The Morgan fingerprint density at radius 1 is 0.909 bits per heavy atom. The maximum Gasteiger partial charge on any atom is 0.251 e. The Labute approximate surface area is 194 Å². The van der Waals surface area contributed by atoms with E-state index in [9.17, 15) is 14.4 Å². The molecule has 1 saturated heterocycles. The van der Waals surface area contributed by atoms with Gasteiger partial charge in [-0.3, -0.25) is 14.4 Å². The maximum absolute atomic E-state index is 12.9. The minimum atomic E-state index is -0.587. The van der Waals surface area contributed by atoms with E-state index in [4.69, 9.17) is 10.5 Å². The number of rotatable bonds is 7. The minimum absolute atomic E-state index is 0.164. The minimum Gasteiger partial charge on any atom is -0.457 e. The number of ether oxygens (including phenoxy) is 1. The highest BCUT2D eigenvalue weighted by Crippen LogP contribution is 2.37. The number of nitrogens with two attached hydrogens (primary N) is 1. The van der Waals surface area contributed by atoms with Crippen LogP contribution in [-0.2, 0) is 9.59 Å². The van der Waals surface area contributed by atoms with Gasteiger partial charge in [-0.15, -0.1) is 0 Å². The normalized spacial score (nSPS) is 20.9. The molecule has 1 aliphatic carbocycles. The van der Waals surface area contributed by atoms with Gasteiger partial charge in [-0.25, -0.2) is 0 Å². The fraction of sp³-hybridized carbons (Fsp3) is 0.423. The molecule has 1 aliphatic heterocycles. The summed E-state index contributed by atoms with van der Waals surface area (Å²) in [5, 5.41) is 2.68. The fourth-order valence-corrected chi connectivity index (χ4v) is 5.02. The van der Waals surface area contributed by atoms with Gasteiger partial charge in [0.05, 0.1) is 6.54 Å². The Bertz CT molecular complexity index is 971. The average Bonchev–Trinajstić information content (AvgIpc) is 3.30. The lowest BCUT2D eigenvalue weighted by molar-refractivity contribution is -0.136. The lowest BCUT2D eigenvalue weighted by Crippen LogP contribution is -2.47. The predicted molar refractivity (Wildman–Crippen MR) is 125 cm³/mol. The smallest absolute Gasteiger partial charge is 0.251 e. The molecule has 7 nitrogen and oxygen atoms in total. The number of carbonyl (C=O) groups excluding carboxylic acids is 3. The quantitative estimate of drug-likeness (QED) is 0.675. The highest BCUT2D eigenvalue weighted by atomic mass is 16.5. The van der Waals surface area contributed by atoms with Gasteiger partial charge in [0.2, 0.25) is 11.8 Å². The summed E-state index contributed by atoms with van der Waals surface area (Å²) in [5.41, 5.74) is 6.03. The van der Waals surface area contributed by atoms with Crippen molar-refractivity contribution in [3.05, 3.63) is 60.2 Å². The second-order valence-electron chi connectivity index (χ2n) is 8.98. The van der Waals surface area contributed by atoms with E-state index >= 15 is 0 Å². The van der Waals surface area contributed by atoms with Gasteiger partial charge in [0.25, 0.3) is 5.91 Å². The summed E-state index contributed by atoms with van der Waals surface area (Å²) >= 11 is 0. The van der Waals surface area contributed by atoms with Crippen molar-refractivity contribution in [2.45, 2.75) is 44.6 Å². The Kier molecular flexibility index (Phi) is 7.27. The Balaban J connectivity index is 1.31. The van der Waals surface area contributed by atoms with Crippen LogP contribution in [-0.4, -0.2) is 41.8 Å². The van der Waals surface area contributed by atoms with E-state index in [1.165, 1.54) is 19.3 Å². The molecule has 7 heteroatoms. The van der Waals surface area contributed by atoms with Gasteiger partial charge in [-0.2, -0.15) is 0 Å². The van der Waals surface area contributed by atoms with Gasteiger partial charge in [-0.05, 0) is 54.7 Å². The zero-order valence-electron chi connectivity index (χ0n) is 18.7. The molecule has 4 rings (SSSR count). The molecular weight excluding hydrogens is 418 g/mol. The largest absolute Gasteiger partial charge is 0.457 e. The summed E-state index contributed by atoms with van der Waals surface area (Å²) in [6.45, 7) is 0.376. The summed E-state index contributed by atoms with van der Waals surface area (Å²) in [6, 6.07) is 15.5. The van der Waals surface area contributed by atoms with E-state index in [0.717, 1.165) is 12.8 Å². The Morgan fingerprint density at radius 3 is 2.24 bits per heavy atom. The molecule has 33 heavy (non-hydrogen) atoms. The van der Waals surface area contributed by atoms with Gasteiger partial charge < -0.3 is 20.7 Å². The van der Waals surface area contributed by atoms with E-state index in [2.05, 4.69) is 5.32 Å². The number of primary amides is 1. The third-order valence-corrected chi connectivity index (χ3v) is 6.79. The van der Waals surface area contributed by atoms with Crippen molar-refractivity contribution >= 4 is 17.7 Å². The molecule has 2 aromatic rings. The van der Waals surface area contributed by atoms with Gasteiger partial charge in [0.15, 0.2) is 0 Å². The third-order valence-electron chi connectivity index (χ3n) is 6.79. The molecule has 0 spiro atoms. The van der Waals surface area contributed by atoms with E-state index in [1.807, 2.05) is 30.3 Å². The average molecular weight is 450 g/mol. The molecule has 2 atom stereocenters. The van der Waals surface area contributed by atoms with Crippen molar-refractivity contribution in [3.8, 4) is 11.5 Å². The van der Waals surface area contributed by atoms with Gasteiger partial charge in [-0.1, -0.05) is 50.3 Å². The first-order valence-electron chi connectivity index (χ1n) is 11.7. The Morgan fingerprint density at radius 2 is 1.58 bits per heavy atom. The van der Waals surface area contributed by atoms with Crippen LogP contribution in [0, 0.1) is 11.8 Å². The topological polar surface area (TPSA) is 102 Å². The van der Waals surface area contributed by atoms with E-state index in [0.29, 0.717) is 41.9 Å². The number of amides is 3. The number of likely N-dealkylation sites (tertiary alicyclic amines) is 1. The number of carbonyl (C=O) groups is 3. The molecule has 2 fully saturated rings. The standard InChI is InChI=1S/C26H31N3O4/c27-25(31)23-15-20(18-7-3-1-4-8-18)17-29(23)24(30)16-28-26(32)19-11-13-22(14-12-19)33-21-9-5-2-6-10-21/h2,5-6,9-14,18,20,23H,1,3-4,7-8,15-17H2,(H2,27,31)(H,28,32). The molecule has 2 aromatic carbocycles. The summed E-state index contributed by atoms with van der Waals surface area (Å²) in [7, 11) is 0. The molecule has 174 valence electrons. The van der Waals surface area contributed by atoms with E-state index in [1.54, 1.807) is 29.2 Å². The summed E-state index contributed by atoms with van der Waals surface area (Å²) in [4.78, 5) is 39.0. The van der Waals surface area contributed by atoms with Gasteiger partial charge >= 0.3 is 0 Å². The lowest BCUT2D eigenvalue weighted by Gasteiger charge is -2.27.